The molecule has 3 nitrogen and oxygen atoms in total. The molecule has 0 heterocycles. The van der Waals surface area contributed by atoms with Crippen LogP contribution in [0, 0.1) is 0 Å². The summed E-state index contributed by atoms with van der Waals surface area (Å²) in [5.74, 6) is 0.00454. The van der Waals surface area contributed by atoms with Gasteiger partial charge in [-0.2, -0.15) is 0 Å². The fourth-order valence-corrected chi connectivity index (χ4v) is 0.251. The summed E-state index contributed by atoms with van der Waals surface area (Å²) in [4.78, 5) is 19.7. The molecule has 3 heteroatoms. The Bertz CT molecular complexity index is 188. The molecule has 0 unspecified atom stereocenters. The zero-order valence-corrected chi connectivity index (χ0v) is 6.91. The zero-order chi connectivity index (χ0) is 9.40. The highest BCUT2D eigenvalue weighted by molar-refractivity contribution is 5.92. The minimum atomic E-state index is -0.412. The lowest BCUT2D eigenvalue weighted by Gasteiger charge is -1.92. The van der Waals surface area contributed by atoms with E-state index in [0.717, 1.165) is 18.9 Å². The van der Waals surface area contributed by atoms with Crippen molar-refractivity contribution in [1.29, 1.82) is 0 Å². The molecule has 0 aliphatic heterocycles. The Morgan fingerprint density at radius 1 is 1.50 bits per heavy atom. The second-order valence-corrected chi connectivity index (χ2v) is 2.16. The Kier molecular flexibility index (Phi) is 5.61. The van der Waals surface area contributed by atoms with E-state index in [9.17, 15) is 9.59 Å². The lowest BCUT2D eigenvalue weighted by molar-refractivity contribution is -0.136. The number of ketones is 1. The summed E-state index contributed by atoms with van der Waals surface area (Å²) in [5, 5.41) is 0. The van der Waals surface area contributed by atoms with Crippen LogP contribution in [0.2, 0.25) is 0 Å². The molecule has 12 heavy (non-hydrogen) atoms. The molecule has 0 saturated heterocycles. The number of carbonyl (C=O) groups is 2. The van der Waals surface area contributed by atoms with E-state index in [4.69, 9.17) is 0 Å². The van der Waals surface area contributed by atoms with E-state index in [1.807, 2.05) is 0 Å². The number of ether oxygens (including phenoxy) is 1. The predicted molar refractivity (Wildman–Crippen MR) is 45.6 cm³/mol. The fraction of sp³-hybridized carbons (Fsp3) is 0.333. The van der Waals surface area contributed by atoms with Crippen LogP contribution in [0.25, 0.3) is 0 Å². The molecule has 0 atom stereocenters. The molecule has 0 N–H and O–H groups in total. The van der Waals surface area contributed by atoms with E-state index in [1.54, 1.807) is 0 Å². The van der Waals surface area contributed by atoms with E-state index >= 15 is 0 Å². The van der Waals surface area contributed by atoms with E-state index in [1.165, 1.54) is 6.08 Å². The lowest BCUT2D eigenvalue weighted by atomic mass is 10.6. The van der Waals surface area contributed by atoms with E-state index in [0.29, 0.717) is 5.78 Å². The predicted octanol–water partition coefficient (Wildman–Crippen LogP) is 1.25. The second kappa shape index (κ2) is 6.34. The average molecular weight is 168 g/mol. The van der Waals surface area contributed by atoms with Gasteiger partial charge in [-0.3, -0.25) is 4.79 Å². The van der Waals surface area contributed by atoms with Gasteiger partial charge in [-0.15, -0.1) is 0 Å². The van der Waals surface area contributed by atoms with Gasteiger partial charge in [0.15, 0.2) is 0 Å². The highest BCUT2D eigenvalue weighted by Gasteiger charge is 2.13. The average Bonchev–Trinajstić information content (AvgIpc) is 2.84. The van der Waals surface area contributed by atoms with Gasteiger partial charge in [-0.25, -0.2) is 4.79 Å². The maximum atomic E-state index is 10.2. The number of esters is 1. The Hall–Kier alpha value is -1.38. The maximum Gasteiger partial charge on any atom is 0.330 e. The third-order valence-electron chi connectivity index (χ3n) is 0.964. The second-order valence-electron chi connectivity index (χ2n) is 2.16. The number of rotatable bonds is 3. The van der Waals surface area contributed by atoms with Crippen LogP contribution in [-0.2, 0) is 14.3 Å². The molecule has 0 aromatic carbocycles. The van der Waals surface area contributed by atoms with Crippen LogP contribution in [0.3, 0.4) is 0 Å². The quantitative estimate of drug-likeness (QED) is 0.362. The van der Waals surface area contributed by atoms with Gasteiger partial charge >= 0.3 is 5.97 Å². The van der Waals surface area contributed by atoms with Gasteiger partial charge in [-0.1, -0.05) is 19.2 Å². The van der Waals surface area contributed by atoms with Crippen molar-refractivity contribution in [2.24, 2.45) is 0 Å². The first-order chi connectivity index (χ1) is 5.70. The zero-order valence-electron chi connectivity index (χ0n) is 6.91. The van der Waals surface area contributed by atoms with Crippen molar-refractivity contribution < 1.29 is 14.3 Å². The minimum absolute atomic E-state index is 0.255. The van der Waals surface area contributed by atoms with Crippen molar-refractivity contribution in [3.05, 3.63) is 25.3 Å². The third kappa shape index (κ3) is 8.62. The molecule has 1 fully saturated rings. The smallest absolute Gasteiger partial charge is 0.330 e. The van der Waals surface area contributed by atoms with Gasteiger partial charge in [0.25, 0.3) is 0 Å². The lowest BCUT2D eigenvalue weighted by Crippen LogP contribution is -1.98. The van der Waals surface area contributed by atoms with Crippen molar-refractivity contribution in [3.8, 4) is 0 Å². The largest absolute Gasteiger partial charge is 0.458 e. The molecule has 0 bridgehead atoms. The van der Waals surface area contributed by atoms with Crippen LogP contribution in [-0.4, -0.2) is 18.4 Å². The molecule has 0 aromatic heterocycles. The SMILES string of the molecule is C=CCOC(=O)C=C.O=C1CC1. The summed E-state index contributed by atoms with van der Waals surface area (Å²) in [6.45, 7) is 6.81. The summed E-state index contributed by atoms with van der Waals surface area (Å²) >= 11 is 0. The molecule has 0 spiro atoms. The van der Waals surface area contributed by atoms with Gasteiger partial charge in [0.2, 0.25) is 0 Å². The number of hydrogen-bond acceptors (Lipinski definition) is 3. The first-order valence-corrected chi connectivity index (χ1v) is 3.62. The maximum absolute atomic E-state index is 10.2. The molecule has 1 aliphatic rings. The Labute approximate surface area is 71.7 Å². The molecule has 0 amide bonds. The highest BCUT2D eigenvalue weighted by atomic mass is 16.5. The molecule has 1 rings (SSSR count). The summed E-state index contributed by atoms with van der Waals surface area (Å²) in [6.07, 6.45) is 4.31. The van der Waals surface area contributed by atoms with Crippen LogP contribution >= 0.6 is 0 Å². The number of hydrogen-bond donors (Lipinski definition) is 0. The minimum Gasteiger partial charge on any atom is -0.458 e. The monoisotopic (exact) mass is 168 g/mol. The summed E-state index contributed by atoms with van der Waals surface area (Å²) < 4.78 is 4.47. The van der Waals surface area contributed by atoms with Crippen molar-refractivity contribution >= 4 is 11.8 Å². The molecular weight excluding hydrogens is 156 g/mol. The third-order valence-corrected chi connectivity index (χ3v) is 0.964. The topological polar surface area (TPSA) is 43.4 Å². The van der Waals surface area contributed by atoms with E-state index < -0.39 is 5.97 Å². The highest BCUT2D eigenvalue weighted by Crippen LogP contribution is 2.08. The standard InChI is InChI=1S/C6H8O2.C3H4O/c1-3-5-8-6(7)4-2;4-3-1-2-3/h3-4H,1-2,5H2;1-2H2. The summed E-state index contributed by atoms with van der Waals surface area (Å²) in [6, 6.07) is 0. The molecule has 66 valence electrons. The first-order valence-electron chi connectivity index (χ1n) is 3.62. The van der Waals surface area contributed by atoms with Crippen molar-refractivity contribution in [2.75, 3.05) is 6.61 Å². The molecule has 0 radical (unpaired) electrons. The number of carbonyl (C=O) groups excluding carboxylic acids is 2. The van der Waals surface area contributed by atoms with E-state index in [-0.39, 0.29) is 6.61 Å². The van der Waals surface area contributed by atoms with E-state index in [2.05, 4.69) is 17.9 Å². The van der Waals surface area contributed by atoms with Gasteiger partial charge in [-0.05, 0) is 0 Å². The Morgan fingerprint density at radius 3 is 2.25 bits per heavy atom. The Morgan fingerprint density at radius 2 is 2.00 bits per heavy atom. The molecular formula is C9H12O3. The molecule has 1 saturated carbocycles. The summed E-state index contributed by atoms with van der Waals surface area (Å²) in [5.41, 5.74) is 0. The van der Waals surface area contributed by atoms with Crippen LogP contribution in [0.5, 0.6) is 0 Å². The van der Waals surface area contributed by atoms with Crippen molar-refractivity contribution in [2.45, 2.75) is 12.8 Å². The van der Waals surface area contributed by atoms with Crippen LogP contribution in [0.15, 0.2) is 25.3 Å². The van der Waals surface area contributed by atoms with Gasteiger partial charge < -0.3 is 4.74 Å². The molecule has 1 aliphatic carbocycles. The van der Waals surface area contributed by atoms with Gasteiger partial charge in [0.1, 0.15) is 12.4 Å². The normalized spacial score (nSPS) is 12.2. The van der Waals surface area contributed by atoms with Crippen LogP contribution < -0.4 is 0 Å². The van der Waals surface area contributed by atoms with Crippen molar-refractivity contribution in [1.82, 2.24) is 0 Å². The number of Topliss-reactive ketones (excluding diaryl/α,β-unsaturated/α-hetero) is 1. The summed E-state index contributed by atoms with van der Waals surface area (Å²) in [7, 11) is 0. The van der Waals surface area contributed by atoms with Crippen LogP contribution in [0.1, 0.15) is 12.8 Å². The van der Waals surface area contributed by atoms with Gasteiger partial charge in [0, 0.05) is 18.9 Å². The first kappa shape index (κ1) is 10.6. The van der Waals surface area contributed by atoms with Crippen molar-refractivity contribution in [3.63, 3.8) is 0 Å². The van der Waals surface area contributed by atoms with Gasteiger partial charge in [0.05, 0.1) is 0 Å². The molecule has 0 aromatic rings. The van der Waals surface area contributed by atoms with Crippen LogP contribution in [0.4, 0.5) is 0 Å². The Balaban J connectivity index is 0.000000247. The fourth-order valence-electron chi connectivity index (χ4n) is 0.251.